The van der Waals surface area contributed by atoms with Crippen molar-refractivity contribution >= 4 is 12.1 Å². The van der Waals surface area contributed by atoms with E-state index in [9.17, 15) is 14.0 Å². The molecule has 6 heteroatoms. The SMILES string of the molecule is CCOC(=O)NC1CCC(OC(=O)CC(C)c2ccc(F)cc2)CC1. The first-order valence-electron chi connectivity index (χ1n) is 8.86. The van der Waals surface area contributed by atoms with Crippen LogP contribution in [-0.2, 0) is 14.3 Å². The Bertz CT molecular complexity index is 567. The van der Waals surface area contributed by atoms with Gasteiger partial charge in [-0.05, 0) is 56.2 Å². The molecule has 0 spiro atoms. The quantitative estimate of drug-likeness (QED) is 0.789. The van der Waals surface area contributed by atoms with E-state index in [1.54, 1.807) is 19.1 Å². The molecule has 1 unspecified atom stereocenters. The average Bonchev–Trinajstić information content (AvgIpc) is 2.57. The molecule has 1 aromatic carbocycles. The van der Waals surface area contributed by atoms with Gasteiger partial charge in [-0.25, -0.2) is 9.18 Å². The van der Waals surface area contributed by atoms with E-state index in [2.05, 4.69) is 5.32 Å². The number of amides is 1. The van der Waals surface area contributed by atoms with Gasteiger partial charge in [0.15, 0.2) is 0 Å². The number of esters is 1. The topological polar surface area (TPSA) is 64.6 Å². The van der Waals surface area contributed by atoms with E-state index in [1.165, 1.54) is 12.1 Å². The van der Waals surface area contributed by atoms with Gasteiger partial charge in [0.1, 0.15) is 11.9 Å². The lowest BCUT2D eigenvalue weighted by molar-refractivity contribution is -0.151. The molecule has 1 N–H and O–H groups in total. The van der Waals surface area contributed by atoms with Crippen molar-refractivity contribution in [3.05, 3.63) is 35.6 Å². The second-order valence-corrected chi connectivity index (χ2v) is 6.49. The number of hydrogen-bond acceptors (Lipinski definition) is 4. The van der Waals surface area contributed by atoms with Crippen LogP contribution in [0.5, 0.6) is 0 Å². The minimum Gasteiger partial charge on any atom is -0.462 e. The van der Waals surface area contributed by atoms with Crippen LogP contribution in [0.25, 0.3) is 0 Å². The van der Waals surface area contributed by atoms with Gasteiger partial charge in [0.05, 0.1) is 13.0 Å². The molecule has 25 heavy (non-hydrogen) atoms. The smallest absolute Gasteiger partial charge is 0.407 e. The highest BCUT2D eigenvalue weighted by Gasteiger charge is 2.25. The van der Waals surface area contributed by atoms with E-state index < -0.39 is 6.09 Å². The normalized spacial score (nSPS) is 21.2. The Morgan fingerprint density at radius 1 is 1.20 bits per heavy atom. The van der Waals surface area contributed by atoms with E-state index in [4.69, 9.17) is 9.47 Å². The van der Waals surface area contributed by atoms with Crippen LogP contribution in [0.1, 0.15) is 57.4 Å². The van der Waals surface area contributed by atoms with E-state index >= 15 is 0 Å². The zero-order valence-electron chi connectivity index (χ0n) is 14.8. The first-order valence-corrected chi connectivity index (χ1v) is 8.86. The Morgan fingerprint density at radius 2 is 1.84 bits per heavy atom. The largest absolute Gasteiger partial charge is 0.462 e. The number of hydrogen-bond donors (Lipinski definition) is 1. The number of ether oxygens (including phenoxy) is 2. The van der Waals surface area contributed by atoms with Crippen LogP contribution < -0.4 is 5.32 Å². The highest BCUT2D eigenvalue weighted by Crippen LogP contribution is 2.24. The summed E-state index contributed by atoms with van der Waals surface area (Å²) in [6.07, 6.45) is 2.77. The van der Waals surface area contributed by atoms with E-state index in [1.807, 2.05) is 6.92 Å². The number of rotatable bonds is 6. The number of benzene rings is 1. The molecule has 1 aromatic rings. The van der Waals surface area contributed by atoms with Gasteiger partial charge in [-0.3, -0.25) is 4.79 Å². The van der Waals surface area contributed by atoms with Crippen molar-refractivity contribution in [2.45, 2.75) is 64.0 Å². The molecule has 0 aromatic heterocycles. The maximum absolute atomic E-state index is 12.9. The molecule has 1 aliphatic rings. The predicted octanol–water partition coefficient (Wildman–Crippen LogP) is 3.92. The van der Waals surface area contributed by atoms with Crippen LogP contribution >= 0.6 is 0 Å². The summed E-state index contributed by atoms with van der Waals surface area (Å²) in [6.45, 7) is 4.04. The summed E-state index contributed by atoms with van der Waals surface area (Å²) in [4.78, 5) is 23.5. The highest BCUT2D eigenvalue weighted by atomic mass is 19.1. The lowest BCUT2D eigenvalue weighted by atomic mass is 9.93. The van der Waals surface area contributed by atoms with Crippen LogP contribution in [-0.4, -0.2) is 30.8 Å². The lowest BCUT2D eigenvalue weighted by Gasteiger charge is -2.28. The predicted molar refractivity (Wildman–Crippen MR) is 91.7 cm³/mol. The molecule has 0 radical (unpaired) electrons. The van der Waals surface area contributed by atoms with Gasteiger partial charge in [0, 0.05) is 6.04 Å². The fourth-order valence-electron chi connectivity index (χ4n) is 3.06. The highest BCUT2D eigenvalue weighted by molar-refractivity contribution is 5.70. The van der Waals surface area contributed by atoms with E-state index in [0.717, 1.165) is 31.2 Å². The zero-order chi connectivity index (χ0) is 18.2. The number of nitrogens with one attached hydrogen (secondary N) is 1. The molecule has 1 amide bonds. The number of halogens is 1. The van der Waals surface area contributed by atoms with Crippen LogP contribution in [0.2, 0.25) is 0 Å². The second-order valence-electron chi connectivity index (χ2n) is 6.49. The fraction of sp³-hybridized carbons (Fsp3) is 0.579. The number of carbonyl (C=O) groups excluding carboxylic acids is 2. The van der Waals surface area contributed by atoms with Crippen molar-refractivity contribution in [1.29, 1.82) is 0 Å². The molecular formula is C19H26FNO4. The van der Waals surface area contributed by atoms with Crippen molar-refractivity contribution < 1.29 is 23.5 Å². The summed E-state index contributed by atoms with van der Waals surface area (Å²) in [5.41, 5.74) is 0.917. The van der Waals surface area contributed by atoms with Crippen molar-refractivity contribution in [1.82, 2.24) is 5.32 Å². The fourth-order valence-corrected chi connectivity index (χ4v) is 3.06. The Kier molecular flexibility index (Phi) is 7.22. The lowest BCUT2D eigenvalue weighted by Crippen LogP contribution is -2.39. The molecule has 0 aliphatic heterocycles. The van der Waals surface area contributed by atoms with Gasteiger partial charge in [-0.1, -0.05) is 19.1 Å². The molecule has 5 nitrogen and oxygen atoms in total. The first-order chi connectivity index (χ1) is 12.0. The molecule has 0 bridgehead atoms. The van der Waals surface area contributed by atoms with Crippen molar-refractivity contribution in [3.63, 3.8) is 0 Å². The third kappa shape index (κ3) is 6.36. The third-order valence-corrected chi connectivity index (χ3v) is 4.48. The molecule has 0 saturated heterocycles. The Balaban J connectivity index is 1.71. The summed E-state index contributed by atoms with van der Waals surface area (Å²) in [5, 5.41) is 2.82. The maximum Gasteiger partial charge on any atom is 0.407 e. The van der Waals surface area contributed by atoms with Crippen molar-refractivity contribution in [3.8, 4) is 0 Å². The van der Waals surface area contributed by atoms with Gasteiger partial charge < -0.3 is 14.8 Å². The third-order valence-electron chi connectivity index (χ3n) is 4.48. The minimum atomic E-state index is -0.393. The minimum absolute atomic E-state index is 0.0186. The Morgan fingerprint density at radius 3 is 2.44 bits per heavy atom. The zero-order valence-corrected chi connectivity index (χ0v) is 14.8. The number of carbonyl (C=O) groups is 2. The molecule has 1 fully saturated rings. The average molecular weight is 351 g/mol. The summed E-state index contributed by atoms with van der Waals surface area (Å²) in [5.74, 6) is -0.541. The Hall–Kier alpha value is -2.11. The number of alkyl carbamates (subject to hydrolysis) is 1. The molecule has 138 valence electrons. The Labute approximate surface area is 147 Å². The van der Waals surface area contributed by atoms with Gasteiger partial charge in [-0.15, -0.1) is 0 Å². The maximum atomic E-state index is 12.9. The first kappa shape index (κ1) is 19.2. The van der Waals surface area contributed by atoms with Crippen LogP contribution in [0.4, 0.5) is 9.18 Å². The van der Waals surface area contributed by atoms with Crippen molar-refractivity contribution in [2.24, 2.45) is 0 Å². The van der Waals surface area contributed by atoms with E-state index in [0.29, 0.717) is 6.61 Å². The molecule has 1 aliphatic carbocycles. The molecular weight excluding hydrogens is 325 g/mol. The van der Waals surface area contributed by atoms with Crippen LogP contribution in [0, 0.1) is 5.82 Å². The van der Waals surface area contributed by atoms with Gasteiger partial charge in [-0.2, -0.15) is 0 Å². The summed E-state index contributed by atoms with van der Waals surface area (Å²) in [6, 6.07) is 6.26. The summed E-state index contributed by atoms with van der Waals surface area (Å²) < 4.78 is 23.4. The van der Waals surface area contributed by atoms with Gasteiger partial charge >= 0.3 is 12.1 Å². The molecule has 1 atom stereocenters. The molecule has 2 rings (SSSR count). The van der Waals surface area contributed by atoms with Crippen LogP contribution in [0.15, 0.2) is 24.3 Å². The van der Waals surface area contributed by atoms with Crippen LogP contribution in [0.3, 0.4) is 0 Å². The van der Waals surface area contributed by atoms with Crippen molar-refractivity contribution in [2.75, 3.05) is 6.61 Å². The summed E-state index contributed by atoms with van der Waals surface area (Å²) in [7, 11) is 0. The molecule has 1 saturated carbocycles. The van der Waals surface area contributed by atoms with Gasteiger partial charge in [0.25, 0.3) is 0 Å². The second kappa shape index (κ2) is 9.39. The van der Waals surface area contributed by atoms with Gasteiger partial charge in [0.2, 0.25) is 0 Å². The monoisotopic (exact) mass is 351 g/mol. The van der Waals surface area contributed by atoms with E-state index in [-0.39, 0.29) is 36.3 Å². The summed E-state index contributed by atoms with van der Waals surface area (Å²) >= 11 is 0. The standard InChI is InChI=1S/C19H26FNO4/c1-3-24-19(23)21-16-8-10-17(11-9-16)25-18(22)12-13(2)14-4-6-15(20)7-5-14/h4-7,13,16-17H,3,8-12H2,1-2H3,(H,21,23). The molecule has 0 heterocycles.